The molecule has 6 heteroatoms. The van der Waals surface area contributed by atoms with Crippen LogP contribution in [-0.4, -0.2) is 37.2 Å². The second-order valence-electron chi connectivity index (χ2n) is 20.9. The molecule has 0 aliphatic carbocycles. The molecule has 0 amide bonds. The van der Waals surface area contributed by atoms with Gasteiger partial charge < -0.3 is 14.2 Å². The number of carbonyl (C=O) groups is 3. The SMILES string of the molecule is CC/C=C\C/C=C\C/C=C\C/C=C\C/C=C\CCCCCCCCCCCCCCCC(=O)OCC(COC(=O)CCCCCCC)OC(=O)CCCCCCCCCCC/C=C\CCCCCCCCCC. The predicted octanol–water partition coefficient (Wildman–Crippen LogP) is 21.3. The van der Waals surface area contributed by atoms with Crippen molar-refractivity contribution in [2.24, 2.45) is 0 Å². The molecule has 0 radical (unpaired) electrons. The van der Waals surface area contributed by atoms with Crippen LogP contribution in [0.1, 0.15) is 316 Å². The fourth-order valence-electron chi connectivity index (χ4n) is 9.00. The van der Waals surface area contributed by atoms with Crippen LogP contribution < -0.4 is 0 Å². The van der Waals surface area contributed by atoms with Crippen molar-refractivity contribution < 1.29 is 28.6 Å². The molecule has 0 N–H and O–H groups in total. The third-order valence-corrected chi connectivity index (χ3v) is 13.7. The Bertz CT molecular complexity index is 1360. The van der Waals surface area contributed by atoms with Gasteiger partial charge in [-0.25, -0.2) is 0 Å². The highest BCUT2D eigenvalue weighted by Gasteiger charge is 2.19. The summed E-state index contributed by atoms with van der Waals surface area (Å²) in [5.41, 5.74) is 0. The number of carbonyl (C=O) groups excluding carboxylic acids is 3. The Morgan fingerprint density at radius 3 is 0.849 bits per heavy atom. The fraction of sp³-hybridized carbons (Fsp3) is 0.776. The molecular weight excluding hydrogens is 901 g/mol. The molecule has 0 spiro atoms. The first kappa shape index (κ1) is 69.8. The lowest BCUT2D eigenvalue weighted by Crippen LogP contribution is -2.30. The van der Waals surface area contributed by atoms with Gasteiger partial charge in [0.05, 0.1) is 0 Å². The van der Waals surface area contributed by atoms with Crippen LogP contribution in [0, 0.1) is 0 Å². The highest BCUT2D eigenvalue weighted by atomic mass is 16.6. The first-order chi connectivity index (χ1) is 36.0. The third-order valence-electron chi connectivity index (χ3n) is 13.7. The molecule has 0 fully saturated rings. The minimum Gasteiger partial charge on any atom is -0.462 e. The van der Waals surface area contributed by atoms with Crippen molar-refractivity contribution >= 4 is 17.9 Å². The van der Waals surface area contributed by atoms with Gasteiger partial charge in [-0.1, -0.05) is 280 Å². The van der Waals surface area contributed by atoms with Crippen LogP contribution in [0.25, 0.3) is 0 Å². The summed E-state index contributed by atoms with van der Waals surface area (Å²) in [6.07, 6.45) is 79.6. The Morgan fingerprint density at radius 2 is 0.534 bits per heavy atom. The molecular formula is C67H118O6. The standard InChI is InChI=1S/C67H118O6/c1-4-7-10-13-15-17-19-21-23-25-27-29-30-31-32-33-34-35-36-38-39-41-43-45-47-49-51-54-57-60-66(69)72-63-64(62-71-65(68)59-56-53-12-9-6-3)73-67(70)61-58-55-52-50-48-46-44-42-40-37-28-26-24-22-20-18-16-14-11-8-5-2/h7,10,15,17,21,23,26-29,31-32,64H,4-6,8-9,11-14,16,18-20,22,24-25,30,33-63H2,1-3H3/b10-7-,17-15-,23-21-,28-26-,29-27-,32-31-. The Balaban J connectivity index is 4.02. The number of unbranched alkanes of at least 4 members (excludes halogenated alkanes) is 34. The van der Waals surface area contributed by atoms with Crippen LogP contribution in [-0.2, 0) is 28.6 Å². The Hall–Kier alpha value is -3.15. The lowest BCUT2D eigenvalue weighted by Gasteiger charge is -2.18. The average molecular weight is 1020 g/mol. The summed E-state index contributed by atoms with van der Waals surface area (Å²) in [6.45, 7) is 6.47. The van der Waals surface area contributed by atoms with Gasteiger partial charge in [-0.2, -0.15) is 0 Å². The smallest absolute Gasteiger partial charge is 0.306 e. The maximum absolute atomic E-state index is 12.8. The van der Waals surface area contributed by atoms with Gasteiger partial charge in [0, 0.05) is 19.3 Å². The van der Waals surface area contributed by atoms with Gasteiger partial charge in [0.15, 0.2) is 6.10 Å². The quantitative estimate of drug-likeness (QED) is 0.0261. The van der Waals surface area contributed by atoms with Crippen molar-refractivity contribution in [3.63, 3.8) is 0 Å². The minimum absolute atomic E-state index is 0.0744. The van der Waals surface area contributed by atoms with Crippen LogP contribution in [0.2, 0.25) is 0 Å². The van der Waals surface area contributed by atoms with Gasteiger partial charge >= 0.3 is 17.9 Å². The minimum atomic E-state index is -0.772. The van der Waals surface area contributed by atoms with Crippen LogP contribution >= 0.6 is 0 Å². The molecule has 0 aromatic carbocycles. The topological polar surface area (TPSA) is 78.9 Å². The molecule has 0 aliphatic heterocycles. The van der Waals surface area contributed by atoms with Gasteiger partial charge in [-0.05, 0) is 89.9 Å². The van der Waals surface area contributed by atoms with E-state index in [9.17, 15) is 14.4 Å². The number of hydrogen-bond acceptors (Lipinski definition) is 6. The molecule has 0 aromatic rings. The average Bonchev–Trinajstić information content (AvgIpc) is 3.39. The van der Waals surface area contributed by atoms with Crippen molar-refractivity contribution in [3.8, 4) is 0 Å². The van der Waals surface area contributed by atoms with Gasteiger partial charge in [-0.3, -0.25) is 14.4 Å². The molecule has 0 saturated carbocycles. The normalized spacial score (nSPS) is 12.5. The van der Waals surface area contributed by atoms with E-state index in [-0.39, 0.29) is 31.1 Å². The van der Waals surface area contributed by atoms with Gasteiger partial charge in [-0.15, -0.1) is 0 Å². The number of hydrogen-bond donors (Lipinski definition) is 0. The van der Waals surface area contributed by atoms with E-state index < -0.39 is 6.10 Å². The molecule has 1 atom stereocenters. The molecule has 6 nitrogen and oxygen atoms in total. The molecule has 0 heterocycles. The molecule has 422 valence electrons. The van der Waals surface area contributed by atoms with Crippen molar-refractivity contribution in [1.29, 1.82) is 0 Å². The van der Waals surface area contributed by atoms with Gasteiger partial charge in [0.1, 0.15) is 13.2 Å². The second kappa shape index (κ2) is 61.4. The van der Waals surface area contributed by atoms with E-state index in [4.69, 9.17) is 14.2 Å². The molecule has 0 rings (SSSR count). The van der Waals surface area contributed by atoms with E-state index in [0.29, 0.717) is 19.3 Å². The first-order valence-electron chi connectivity index (χ1n) is 31.4. The zero-order valence-corrected chi connectivity index (χ0v) is 48.4. The zero-order chi connectivity index (χ0) is 52.9. The molecule has 0 saturated heterocycles. The van der Waals surface area contributed by atoms with E-state index in [0.717, 1.165) is 96.3 Å². The van der Waals surface area contributed by atoms with Gasteiger partial charge in [0.2, 0.25) is 0 Å². The zero-order valence-electron chi connectivity index (χ0n) is 48.4. The first-order valence-corrected chi connectivity index (χ1v) is 31.4. The third kappa shape index (κ3) is 59.6. The number of rotatable bonds is 57. The monoisotopic (exact) mass is 1020 g/mol. The lowest BCUT2D eigenvalue weighted by atomic mass is 10.0. The summed E-state index contributed by atoms with van der Waals surface area (Å²) in [5, 5.41) is 0. The number of esters is 3. The highest BCUT2D eigenvalue weighted by Crippen LogP contribution is 2.16. The second-order valence-corrected chi connectivity index (χ2v) is 20.9. The Morgan fingerprint density at radius 1 is 0.288 bits per heavy atom. The molecule has 0 aliphatic rings. The summed E-state index contributed by atoms with van der Waals surface area (Å²) < 4.78 is 16.8. The summed E-state index contributed by atoms with van der Waals surface area (Å²) in [7, 11) is 0. The molecule has 0 bridgehead atoms. The summed E-state index contributed by atoms with van der Waals surface area (Å²) in [4.78, 5) is 37.9. The number of ether oxygens (including phenoxy) is 3. The van der Waals surface area contributed by atoms with Crippen LogP contribution in [0.5, 0.6) is 0 Å². The summed E-state index contributed by atoms with van der Waals surface area (Å²) in [5.74, 6) is -0.879. The van der Waals surface area contributed by atoms with Crippen molar-refractivity contribution in [2.45, 2.75) is 322 Å². The van der Waals surface area contributed by atoms with E-state index in [1.54, 1.807) is 0 Å². The number of allylic oxidation sites excluding steroid dienone is 12. The van der Waals surface area contributed by atoms with Crippen molar-refractivity contribution in [1.82, 2.24) is 0 Å². The molecule has 0 aromatic heterocycles. The van der Waals surface area contributed by atoms with Gasteiger partial charge in [0.25, 0.3) is 0 Å². The summed E-state index contributed by atoms with van der Waals surface area (Å²) >= 11 is 0. The van der Waals surface area contributed by atoms with Crippen LogP contribution in [0.15, 0.2) is 72.9 Å². The van der Waals surface area contributed by atoms with E-state index in [2.05, 4.69) is 93.7 Å². The highest BCUT2D eigenvalue weighted by molar-refractivity contribution is 5.71. The van der Waals surface area contributed by atoms with Crippen molar-refractivity contribution in [3.05, 3.63) is 72.9 Å². The van der Waals surface area contributed by atoms with E-state index in [1.807, 2.05) is 0 Å². The lowest BCUT2D eigenvalue weighted by molar-refractivity contribution is -0.167. The van der Waals surface area contributed by atoms with Crippen LogP contribution in [0.4, 0.5) is 0 Å². The predicted molar refractivity (Wildman–Crippen MR) is 316 cm³/mol. The van der Waals surface area contributed by atoms with Crippen LogP contribution in [0.3, 0.4) is 0 Å². The maximum Gasteiger partial charge on any atom is 0.306 e. The summed E-state index contributed by atoms with van der Waals surface area (Å²) in [6, 6.07) is 0. The Labute approximate surface area is 453 Å². The Kier molecular flexibility index (Phi) is 58.7. The largest absolute Gasteiger partial charge is 0.462 e. The van der Waals surface area contributed by atoms with E-state index in [1.165, 1.54) is 180 Å². The maximum atomic E-state index is 12.8. The molecule has 1 unspecified atom stereocenters. The van der Waals surface area contributed by atoms with E-state index >= 15 is 0 Å². The van der Waals surface area contributed by atoms with Crippen molar-refractivity contribution in [2.75, 3.05) is 13.2 Å². The fourth-order valence-corrected chi connectivity index (χ4v) is 9.00. The molecule has 73 heavy (non-hydrogen) atoms.